The minimum atomic E-state index is 0.117. The van der Waals surface area contributed by atoms with Crippen LogP contribution in [0.4, 0.5) is 4.79 Å². The van der Waals surface area contributed by atoms with Gasteiger partial charge in [0.15, 0.2) is 0 Å². The highest BCUT2D eigenvalue weighted by molar-refractivity contribution is 5.74. The Labute approximate surface area is 91.0 Å². The second-order valence-electron chi connectivity index (χ2n) is 4.55. The van der Waals surface area contributed by atoms with Crippen LogP contribution in [0.2, 0.25) is 0 Å². The van der Waals surface area contributed by atoms with E-state index in [2.05, 4.69) is 12.2 Å². The zero-order chi connectivity index (χ0) is 10.7. The molecule has 2 saturated heterocycles. The van der Waals surface area contributed by atoms with Crippen molar-refractivity contribution in [3.63, 3.8) is 0 Å². The molecular formula is C11H20N2O2. The fourth-order valence-corrected chi connectivity index (χ4v) is 2.32. The first-order chi connectivity index (χ1) is 7.25. The molecule has 86 valence electrons. The highest BCUT2D eigenvalue weighted by Crippen LogP contribution is 2.14. The van der Waals surface area contributed by atoms with Gasteiger partial charge in [-0.2, -0.15) is 0 Å². The molecule has 0 aromatic heterocycles. The Morgan fingerprint density at radius 1 is 1.40 bits per heavy atom. The van der Waals surface area contributed by atoms with Gasteiger partial charge in [-0.1, -0.05) is 0 Å². The average Bonchev–Trinajstić information content (AvgIpc) is 2.70. The number of likely N-dealkylation sites (tertiary alicyclic amines) is 1. The maximum atomic E-state index is 11.8. The van der Waals surface area contributed by atoms with E-state index in [-0.39, 0.29) is 12.1 Å². The van der Waals surface area contributed by atoms with Crippen molar-refractivity contribution in [2.45, 2.75) is 44.8 Å². The van der Waals surface area contributed by atoms with E-state index in [0.29, 0.717) is 6.04 Å². The van der Waals surface area contributed by atoms with Gasteiger partial charge in [0.2, 0.25) is 0 Å². The molecular weight excluding hydrogens is 192 g/mol. The lowest BCUT2D eigenvalue weighted by molar-refractivity contribution is 0.0147. The van der Waals surface area contributed by atoms with Crippen LogP contribution in [0.25, 0.3) is 0 Å². The Kier molecular flexibility index (Phi) is 3.46. The van der Waals surface area contributed by atoms with Gasteiger partial charge in [-0.15, -0.1) is 0 Å². The topological polar surface area (TPSA) is 41.6 Å². The average molecular weight is 212 g/mol. The number of nitrogens with zero attached hydrogens (tertiary/aromatic N) is 1. The number of nitrogens with one attached hydrogen (secondary N) is 1. The van der Waals surface area contributed by atoms with Crippen molar-refractivity contribution in [2.75, 3.05) is 19.7 Å². The molecule has 2 unspecified atom stereocenters. The lowest BCUT2D eigenvalue weighted by atomic mass is 10.0. The van der Waals surface area contributed by atoms with E-state index in [1.54, 1.807) is 0 Å². The summed E-state index contributed by atoms with van der Waals surface area (Å²) >= 11 is 0. The zero-order valence-electron chi connectivity index (χ0n) is 9.37. The minimum Gasteiger partial charge on any atom is -0.378 e. The highest BCUT2D eigenvalue weighted by Gasteiger charge is 2.24. The fraction of sp³-hybridized carbons (Fsp3) is 0.909. The van der Waals surface area contributed by atoms with Gasteiger partial charge in [-0.05, 0) is 32.6 Å². The van der Waals surface area contributed by atoms with Crippen LogP contribution in [-0.2, 0) is 4.74 Å². The Morgan fingerprint density at radius 3 is 2.80 bits per heavy atom. The Balaban J connectivity index is 1.77. The predicted octanol–water partition coefficient (Wildman–Crippen LogP) is 1.36. The Morgan fingerprint density at radius 2 is 2.13 bits per heavy atom. The summed E-state index contributed by atoms with van der Waals surface area (Å²) in [6, 6.07) is 0.424. The maximum absolute atomic E-state index is 11.8. The second kappa shape index (κ2) is 4.84. The molecule has 4 nitrogen and oxygen atoms in total. The van der Waals surface area contributed by atoms with Crippen molar-refractivity contribution in [2.24, 2.45) is 0 Å². The van der Waals surface area contributed by atoms with Gasteiger partial charge in [0.05, 0.1) is 6.10 Å². The van der Waals surface area contributed by atoms with E-state index in [1.807, 2.05) is 4.90 Å². The maximum Gasteiger partial charge on any atom is 0.317 e. The molecule has 0 radical (unpaired) electrons. The number of urea groups is 1. The number of carbonyl (C=O) groups excluding carboxylic acids is 1. The van der Waals surface area contributed by atoms with Gasteiger partial charge in [0, 0.05) is 25.7 Å². The third-order valence-electron chi connectivity index (χ3n) is 3.21. The van der Waals surface area contributed by atoms with Crippen LogP contribution in [0.1, 0.15) is 32.6 Å². The van der Waals surface area contributed by atoms with Gasteiger partial charge in [-0.25, -0.2) is 4.79 Å². The first kappa shape index (κ1) is 10.7. The molecule has 0 saturated carbocycles. The van der Waals surface area contributed by atoms with Crippen molar-refractivity contribution in [1.82, 2.24) is 10.2 Å². The van der Waals surface area contributed by atoms with Gasteiger partial charge >= 0.3 is 6.03 Å². The predicted molar refractivity (Wildman–Crippen MR) is 57.8 cm³/mol. The molecule has 0 bridgehead atoms. The summed E-state index contributed by atoms with van der Waals surface area (Å²) < 4.78 is 5.45. The molecule has 2 atom stereocenters. The second-order valence-corrected chi connectivity index (χ2v) is 4.55. The van der Waals surface area contributed by atoms with Crippen molar-refractivity contribution in [3.8, 4) is 0 Å². The molecule has 2 aliphatic rings. The van der Waals surface area contributed by atoms with E-state index >= 15 is 0 Å². The summed E-state index contributed by atoms with van der Waals surface area (Å²) in [6.07, 6.45) is 4.47. The van der Waals surface area contributed by atoms with E-state index in [0.717, 1.165) is 45.4 Å². The lowest BCUT2D eigenvalue weighted by Gasteiger charge is -2.29. The third-order valence-corrected chi connectivity index (χ3v) is 3.21. The summed E-state index contributed by atoms with van der Waals surface area (Å²) in [5.74, 6) is 0. The highest BCUT2D eigenvalue weighted by atomic mass is 16.5. The molecule has 15 heavy (non-hydrogen) atoms. The van der Waals surface area contributed by atoms with Gasteiger partial charge in [-0.3, -0.25) is 0 Å². The van der Waals surface area contributed by atoms with E-state index in [4.69, 9.17) is 4.74 Å². The molecule has 2 fully saturated rings. The van der Waals surface area contributed by atoms with Crippen LogP contribution in [0.3, 0.4) is 0 Å². The number of amides is 2. The molecule has 2 heterocycles. The van der Waals surface area contributed by atoms with Gasteiger partial charge in [0.1, 0.15) is 0 Å². The SMILES string of the molecule is CC1CC(NC(=O)N2CCCC2)CCO1. The standard InChI is InChI=1S/C11H20N2O2/c1-9-8-10(4-7-15-9)12-11(14)13-5-2-3-6-13/h9-10H,2-8H2,1H3,(H,12,14). The van der Waals surface area contributed by atoms with Crippen molar-refractivity contribution in [1.29, 1.82) is 0 Å². The first-order valence-electron chi connectivity index (χ1n) is 5.93. The minimum absolute atomic E-state index is 0.117. The van der Waals surface area contributed by atoms with Gasteiger partial charge in [0.25, 0.3) is 0 Å². The number of hydrogen-bond donors (Lipinski definition) is 1. The van der Waals surface area contributed by atoms with Crippen LogP contribution in [0, 0.1) is 0 Å². The molecule has 0 spiro atoms. The van der Waals surface area contributed by atoms with E-state index in [9.17, 15) is 4.79 Å². The van der Waals surface area contributed by atoms with E-state index in [1.165, 1.54) is 0 Å². The Hall–Kier alpha value is -0.770. The molecule has 0 aromatic carbocycles. The first-order valence-corrected chi connectivity index (χ1v) is 5.93. The molecule has 1 N–H and O–H groups in total. The van der Waals surface area contributed by atoms with Crippen LogP contribution >= 0.6 is 0 Å². The van der Waals surface area contributed by atoms with Crippen molar-refractivity contribution >= 4 is 6.03 Å². The number of hydrogen-bond acceptors (Lipinski definition) is 2. The van der Waals surface area contributed by atoms with Crippen LogP contribution < -0.4 is 5.32 Å². The molecule has 2 aliphatic heterocycles. The largest absolute Gasteiger partial charge is 0.378 e. The molecule has 0 aromatic rings. The molecule has 4 heteroatoms. The third kappa shape index (κ3) is 2.84. The summed E-state index contributed by atoms with van der Waals surface area (Å²) in [4.78, 5) is 13.7. The summed E-state index contributed by atoms with van der Waals surface area (Å²) in [5, 5.41) is 3.10. The monoisotopic (exact) mass is 212 g/mol. The van der Waals surface area contributed by atoms with Crippen molar-refractivity contribution in [3.05, 3.63) is 0 Å². The number of carbonyl (C=O) groups is 1. The molecule has 2 amide bonds. The Bertz CT molecular complexity index is 227. The lowest BCUT2D eigenvalue weighted by Crippen LogP contribution is -2.46. The summed E-state index contributed by atoms with van der Waals surface area (Å²) in [6.45, 7) is 4.68. The number of ether oxygens (including phenoxy) is 1. The quantitative estimate of drug-likeness (QED) is 0.713. The fourth-order valence-electron chi connectivity index (χ4n) is 2.32. The zero-order valence-corrected chi connectivity index (χ0v) is 9.37. The van der Waals surface area contributed by atoms with Crippen LogP contribution in [0.15, 0.2) is 0 Å². The summed E-state index contributed by atoms with van der Waals surface area (Å²) in [5.41, 5.74) is 0. The van der Waals surface area contributed by atoms with Crippen LogP contribution in [-0.4, -0.2) is 42.8 Å². The molecule has 0 aliphatic carbocycles. The number of rotatable bonds is 1. The van der Waals surface area contributed by atoms with Crippen LogP contribution in [0.5, 0.6) is 0 Å². The van der Waals surface area contributed by atoms with Crippen molar-refractivity contribution < 1.29 is 9.53 Å². The smallest absolute Gasteiger partial charge is 0.317 e. The molecule has 2 rings (SSSR count). The normalized spacial score (nSPS) is 31.7. The van der Waals surface area contributed by atoms with Gasteiger partial charge < -0.3 is 15.0 Å². The summed E-state index contributed by atoms with van der Waals surface area (Å²) in [7, 11) is 0. The van der Waals surface area contributed by atoms with E-state index < -0.39 is 0 Å².